The van der Waals surface area contributed by atoms with Gasteiger partial charge in [-0.1, -0.05) is 23.7 Å². The summed E-state index contributed by atoms with van der Waals surface area (Å²) in [6.07, 6.45) is 0. The Labute approximate surface area is 128 Å². The molecule has 2 aromatic rings. The smallest absolute Gasteiger partial charge is 0.287 e. The molecule has 114 valence electrons. The SMILES string of the molecule is COCCNCCNC(=O)c1oc2c(Cl)cccc2c1C. The molecule has 0 unspecified atom stereocenters. The maximum atomic E-state index is 12.1. The minimum absolute atomic E-state index is 0.228. The van der Waals surface area contributed by atoms with Crippen molar-refractivity contribution in [1.29, 1.82) is 0 Å². The van der Waals surface area contributed by atoms with Crippen LogP contribution >= 0.6 is 11.6 Å². The normalized spacial score (nSPS) is 11.0. The van der Waals surface area contributed by atoms with E-state index in [4.69, 9.17) is 20.8 Å². The van der Waals surface area contributed by atoms with Crippen molar-refractivity contribution in [3.63, 3.8) is 0 Å². The molecule has 0 aliphatic heterocycles. The number of rotatable bonds is 7. The highest BCUT2D eigenvalue weighted by Crippen LogP contribution is 2.30. The number of ether oxygens (including phenoxy) is 1. The van der Waals surface area contributed by atoms with E-state index in [9.17, 15) is 4.79 Å². The van der Waals surface area contributed by atoms with Gasteiger partial charge in [-0.15, -0.1) is 0 Å². The lowest BCUT2D eigenvalue weighted by molar-refractivity contribution is 0.0927. The topological polar surface area (TPSA) is 63.5 Å². The van der Waals surface area contributed by atoms with Crippen LogP contribution in [0.5, 0.6) is 0 Å². The largest absolute Gasteiger partial charge is 0.449 e. The van der Waals surface area contributed by atoms with Gasteiger partial charge in [0, 0.05) is 37.7 Å². The number of carbonyl (C=O) groups excluding carboxylic acids is 1. The molecule has 0 aliphatic rings. The molecule has 0 saturated carbocycles. The van der Waals surface area contributed by atoms with Crippen LogP contribution in [0.2, 0.25) is 5.02 Å². The Hall–Kier alpha value is -1.56. The van der Waals surface area contributed by atoms with Gasteiger partial charge in [0.05, 0.1) is 11.6 Å². The van der Waals surface area contributed by atoms with Crippen LogP contribution in [0.15, 0.2) is 22.6 Å². The Morgan fingerprint density at radius 2 is 2.14 bits per heavy atom. The molecule has 2 N–H and O–H groups in total. The first-order valence-corrected chi connectivity index (χ1v) is 7.18. The maximum absolute atomic E-state index is 12.1. The Kier molecular flexibility index (Phi) is 5.61. The first kappa shape index (κ1) is 15.8. The molecule has 21 heavy (non-hydrogen) atoms. The molecule has 0 atom stereocenters. The Bertz CT molecular complexity index is 625. The van der Waals surface area contributed by atoms with E-state index >= 15 is 0 Å². The first-order valence-electron chi connectivity index (χ1n) is 6.80. The molecule has 0 spiro atoms. The minimum atomic E-state index is -0.228. The second-order valence-corrected chi connectivity index (χ2v) is 5.08. The zero-order valence-electron chi connectivity index (χ0n) is 12.2. The highest BCUT2D eigenvalue weighted by atomic mass is 35.5. The highest BCUT2D eigenvalue weighted by Gasteiger charge is 2.18. The van der Waals surface area contributed by atoms with Gasteiger partial charge in [-0.25, -0.2) is 0 Å². The molecule has 1 amide bonds. The fourth-order valence-electron chi connectivity index (χ4n) is 2.07. The number of halogens is 1. The van der Waals surface area contributed by atoms with Gasteiger partial charge in [-0.05, 0) is 13.0 Å². The Morgan fingerprint density at radius 3 is 2.86 bits per heavy atom. The van der Waals surface area contributed by atoms with Gasteiger partial charge in [-0.2, -0.15) is 0 Å². The van der Waals surface area contributed by atoms with Crippen molar-refractivity contribution in [3.05, 3.63) is 34.5 Å². The molecule has 0 bridgehead atoms. The van der Waals surface area contributed by atoms with E-state index in [1.54, 1.807) is 13.2 Å². The van der Waals surface area contributed by atoms with Crippen molar-refractivity contribution in [2.75, 3.05) is 33.4 Å². The van der Waals surface area contributed by atoms with E-state index in [0.717, 1.165) is 17.5 Å². The Balaban J connectivity index is 1.97. The molecule has 5 nitrogen and oxygen atoms in total. The number of fused-ring (bicyclic) bond motifs is 1. The summed E-state index contributed by atoms with van der Waals surface area (Å²) in [6.45, 7) is 4.45. The number of aryl methyl sites for hydroxylation is 1. The van der Waals surface area contributed by atoms with Crippen molar-refractivity contribution in [3.8, 4) is 0 Å². The number of hydrogen-bond acceptors (Lipinski definition) is 4. The molecule has 2 rings (SSSR count). The molecule has 6 heteroatoms. The monoisotopic (exact) mass is 310 g/mol. The van der Waals surface area contributed by atoms with Gasteiger partial charge < -0.3 is 19.8 Å². The second kappa shape index (κ2) is 7.45. The van der Waals surface area contributed by atoms with Gasteiger partial charge in [0.25, 0.3) is 5.91 Å². The van der Waals surface area contributed by atoms with E-state index in [-0.39, 0.29) is 5.91 Å². The maximum Gasteiger partial charge on any atom is 0.287 e. The number of para-hydroxylation sites is 1. The minimum Gasteiger partial charge on any atom is -0.449 e. The average Bonchev–Trinajstić information content (AvgIpc) is 2.82. The van der Waals surface area contributed by atoms with Gasteiger partial charge in [0.15, 0.2) is 11.3 Å². The quantitative estimate of drug-likeness (QED) is 0.771. The zero-order valence-corrected chi connectivity index (χ0v) is 12.9. The molecule has 0 fully saturated rings. The van der Waals surface area contributed by atoms with Crippen LogP contribution in [-0.4, -0.2) is 39.3 Å². The number of benzene rings is 1. The summed E-state index contributed by atoms with van der Waals surface area (Å²) >= 11 is 6.08. The van der Waals surface area contributed by atoms with Gasteiger partial charge in [0.2, 0.25) is 0 Å². The average molecular weight is 311 g/mol. The third-order valence-electron chi connectivity index (χ3n) is 3.19. The number of nitrogens with one attached hydrogen (secondary N) is 2. The second-order valence-electron chi connectivity index (χ2n) is 4.67. The van der Waals surface area contributed by atoms with Crippen molar-refractivity contribution in [2.24, 2.45) is 0 Å². The third-order valence-corrected chi connectivity index (χ3v) is 3.49. The van der Waals surface area contributed by atoms with Crippen molar-refractivity contribution in [1.82, 2.24) is 10.6 Å². The lowest BCUT2D eigenvalue weighted by atomic mass is 10.1. The van der Waals surface area contributed by atoms with E-state index < -0.39 is 0 Å². The summed E-state index contributed by atoms with van der Waals surface area (Å²) in [4.78, 5) is 12.1. The van der Waals surface area contributed by atoms with Crippen LogP contribution in [0, 0.1) is 6.92 Å². The molecule has 1 aromatic carbocycles. The van der Waals surface area contributed by atoms with Gasteiger partial charge in [-0.3, -0.25) is 4.79 Å². The molecule has 0 radical (unpaired) electrons. The fraction of sp³-hybridized carbons (Fsp3) is 0.400. The van der Waals surface area contributed by atoms with E-state index in [1.165, 1.54) is 0 Å². The molecular formula is C15H19ClN2O3. The molecule has 0 saturated heterocycles. The van der Waals surface area contributed by atoms with Crippen LogP contribution in [0.4, 0.5) is 0 Å². The number of furan rings is 1. The predicted octanol–water partition coefficient (Wildman–Crippen LogP) is 2.36. The van der Waals surface area contributed by atoms with E-state index in [1.807, 2.05) is 19.1 Å². The number of hydrogen-bond donors (Lipinski definition) is 2. The summed E-state index contributed by atoms with van der Waals surface area (Å²) in [6, 6.07) is 5.48. The van der Waals surface area contributed by atoms with Crippen molar-refractivity contribution < 1.29 is 13.9 Å². The van der Waals surface area contributed by atoms with Crippen molar-refractivity contribution in [2.45, 2.75) is 6.92 Å². The molecule has 1 aromatic heterocycles. The fourth-order valence-corrected chi connectivity index (χ4v) is 2.28. The molecule has 1 heterocycles. The Morgan fingerprint density at radius 1 is 1.33 bits per heavy atom. The standard InChI is InChI=1S/C15H19ClN2O3/c1-10-11-4-3-5-12(16)14(11)21-13(10)15(19)18-7-6-17-8-9-20-2/h3-5,17H,6-9H2,1-2H3,(H,18,19). The number of amides is 1. The van der Waals surface area contributed by atoms with E-state index in [2.05, 4.69) is 10.6 Å². The summed E-state index contributed by atoms with van der Waals surface area (Å²) in [5, 5.41) is 7.35. The van der Waals surface area contributed by atoms with Crippen LogP contribution in [0.3, 0.4) is 0 Å². The lowest BCUT2D eigenvalue weighted by Gasteiger charge is -2.05. The lowest BCUT2D eigenvalue weighted by Crippen LogP contribution is -2.33. The third kappa shape index (κ3) is 3.75. The summed E-state index contributed by atoms with van der Waals surface area (Å²) in [5.41, 5.74) is 1.36. The van der Waals surface area contributed by atoms with Crippen LogP contribution in [0.25, 0.3) is 11.0 Å². The summed E-state index contributed by atoms with van der Waals surface area (Å²) in [5.74, 6) is 0.0864. The molecular weight excluding hydrogens is 292 g/mol. The van der Waals surface area contributed by atoms with Crippen LogP contribution in [0.1, 0.15) is 16.1 Å². The summed E-state index contributed by atoms with van der Waals surface area (Å²) in [7, 11) is 1.65. The van der Waals surface area contributed by atoms with Gasteiger partial charge in [0.1, 0.15) is 0 Å². The number of methoxy groups -OCH3 is 1. The number of carbonyl (C=O) groups is 1. The van der Waals surface area contributed by atoms with Crippen LogP contribution in [-0.2, 0) is 4.74 Å². The predicted molar refractivity (Wildman–Crippen MR) is 83.0 cm³/mol. The summed E-state index contributed by atoms with van der Waals surface area (Å²) < 4.78 is 10.5. The van der Waals surface area contributed by atoms with Crippen molar-refractivity contribution >= 4 is 28.5 Å². The zero-order chi connectivity index (χ0) is 15.2. The first-order chi connectivity index (χ1) is 10.1. The van der Waals surface area contributed by atoms with Crippen LogP contribution < -0.4 is 10.6 Å². The molecule has 0 aliphatic carbocycles. The van der Waals surface area contributed by atoms with E-state index in [0.29, 0.717) is 36.1 Å². The highest BCUT2D eigenvalue weighted by molar-refractivity contribution is 6.35. The van der Waals surface area contributed by atoms with Gasteiger partial charge >= 0.3 is 0 Å².